The summed E-state index contributed by atoms with van der Waals surface area (Å²) in [6, 6.07) is 19.3. The summed E-state index contributed by atoms with van der Waals surface area (Å²) in [4.78, 5) is 17.0. The topological polar surface area (TPSA) is 96.8 Å². The minimum atomic E-state index is -0.333. The van der Waals surface area contributed by atoms with Crippen LogP contribution in [0.3, 0.4) is 0 Å². The number of nitrogens with zero attached hydrogens (tertiary/aromatic N) is 1. The van der Waals surface area contributed by atoms with Crippen molar-refractivity contribution in [1.82, 2.24) is 4.98 Å². The van der Waals surface area contributed by atoms with Gasteiger partial charge in [0.2, 0.25) is 0 Å². The SMILES string of the molecule is COCC(C)OC(=O)Cc1ccccc1OCc1cc(-c2cccc(CN)c2)c2occc2n1. The lowest BCUT2D eigenvalue weighted by molar-refractivity contribution is -0.149. The van der Waals surface area contributed by atoms with Crippen LogP contribution in [-0.4, -0.2) is 30.8 Å². The number of methoxy groups -OCH3 is 1. The van der Waals surface area contributed by atoms with E-state index in [4.69, 9.17) is 24.4 Å². The lowest BCUT2D eigenvalue weighted by Crippen LogP contribution is -2.21. The van der Waals surface area contributed by atoms with Crippen molar-refractivity contribution in [3.63, 3.8) is 0 Å². The highest BCUT2D eigenvalue weighted by Crippen LogP contribution is 2.30. The number of furan rings is 1. The minimum absolute atomic E-state index is 0.107. The zero-order chi connectivity index (χ0) is 23.9. The van der Waals surface area contributed by atoms with Gasteiger partial charge in [-0.15, -0.1) is 0 Å². The second kappa shape index (κ2) is 11.0. The Morgan fingerprint density at radius 3 is 2.79 bits per heavy atom. The van der Waals surface area contributed by atoms with Gasteiger partial charge in [-0.1, -0.05) is 36.4 Å². The third-order valence-corrected chi connectivity index (χ3v) is 5.35. The van der Waals surface area contributed by atoms with Crippen molar-refractivity contribution < 1.29 is 23.4 Å². The summed E-state index contributed by atoms with van der Waals surface area (Å²) in [5, 5.41) is 0. The van der Waals surface area contributed by atoms with E-state index < -0.39 is 0 Å². The number of aromatic nitrogens is 1. The van der Waals surface area contributed by atoms with E-state index in [9.17, 15) is 4.79 Å². The lowest BCUT2D eigenvalue weighted by Gasteiger charge is -2.14. The van der Waals surface area contributed by atoms with Crippen LogP contribution in [0.4, 0.5) is 0 Å². The van der Waals surface area contributed by atoms with Crippen molar-refractivity contribution in [2.24, 2.45) is 5.73 Å². The highest BCUT2D eigenvalue weighted by molar-refractivity contribution is 5.90. The lowest BCUT2D eigenvalue weighted by atomic mass is 10.0. The highest BCUT2D eigenvalue weighted by Gasteiger charge is 2.15. The van der Waals surface area contributed by atoms with E-state index in [1.807, 2.05) is 60.7 Å². The molecule has 0 amide bonds. The fourth-order valence-electron chi connectivity index (χ4n) is 3.80. The maximum absolute atomic E-state index is 12.3. The van der Waals surface area contributed by atoms with E-state index in [1.165, 1.54) is 0 Å². The zero-order valence-electron chi connectivity index (χ0n) is 19.3. The largest absolute Gasteiger partial charge is 0.487 e. The third-order valence-electron chi connectivity index (χ3n) is 5.35. The number of hydrogen-bond donors (Lipinski definition) is 1. The molecule has 1 atom stereocenters. The molecule has 0 aliphatic heterocycles. The molecule has 1 unspecified atom stereocenters. The number of carbonyl (C=O) groups excluding carboxylic acids is 1. The van der Waals surface area contributed by atoms with E-state index in [-0.39, 0.29) is 25.1 Å². The molecule has 0 saturated heterocycles. The van der Waals surface area contributed by atoms with Crippen molar-refractivity contribution in [2.75, 3.05) is 13.7 Å². The fourth-order valence-corrected chi connectivity index (χ4v) is 3.80. The predicted octanol–water partition coefficient (Wildman–Crippen LogP) is 4.65. The van der Waals surface area contributed by atoms with Gasteiger partial charge >= 0.3 is 5.97 Å². The molecule has 2 N–H and O–H groups in total. The summed E-state index contributed by atoms with van der Waals surface area (Å²) in [5.74, 6) is 0.278. The van der Waals surface area contributed by atoms with E-state index in [1.54, 1.807) is 20.3 Å². The van der Waals surface area contributed by atoms with E-state index in [0.717, 1.165) is 33.5 Å². The van der Waals surface area contributed by atoms with E-state index in [2.05, 4.69) is 4.98 Å². The van der Waals surface area contributed by atoms with Crippen LogP contribution < -0.4 is 10.5 Å². The Morgan fingerprint density at radius 2 is 1.97 bits per heavy atom. The molecule has 0 radical (unpaired) electrons. The average molecular weight is 461 g/mol. The van der Waals surface area contributed by atoms with Gasteiger partial charge in [-0.3, -0.25) is 4.79 Å². The second-order valence-electron chi connectivity index (χ2n) is 8.03. The average Bonchev–Trinajstić information content (AvgIpc) is 3.32. The van der Waals surface area contributed by atoms with Crippen LogP contribution in [0.25, 0.3) is 22.2 Å². The second-order valence-corrected chi connectivity index (χ2v) is 8.03. The minimum Gasteiger partial charge on any atom is -0.487 e. The van der Waals surface area contributed by atoms with Gasteiger partial charge in [0.05, 0.1) is 25.0 Å². The summed E-state index contributed by atoms with van der Waals surface area (Å²) < 4.78 is 22.2. The van der Waals surface area contributed by atoms with Gasteiger partial charge < -0.3 is 24.4 Å². The Labute approximate surface area is 198 Å². The number of carbonyl (C=O) groups is 1. The molecule has 0 fully saturated rings. The first-order chi connectivity index (χ1) is 16.6. The van der Waals surface area contributed by atoms with Gasteiger partial charge in [-0.05, 0) is 36.2 Å². The molecule has 7 heteroatoms. The quantitative estimate of drug-likeness (QED) is 0.344. The summed E-state index contributed by atoms with van der Waals surface area (Å²) in [7, 11) is 1.57. The van der Waals surface area contributed by atoms with Crippen LogP contribution in [0.1, 0.15) is 23.7 Å². The van der Waals surface area contributed by atoms with E-state index in [0.29, 0.717) is 24.5 Å². The van der Waals surface area contributed by atoms with Gasteiger partial charge in [0.25, 0.3) is 0 Å². The van der Waals surface area contributed by atoms with Crippen molar-refractivity contribution in [2.45, 2.75) is 32.6 Å². The summed E-state index contributed by atoms with van der Waals surface area (Å²) in [6.07, 6.45) is 1.42. The van der Waals surface area contributed by atoms with E-state index >= 15 is 0 Å². The van der Waals surface area contributed by atoms with Gasteiger partial charge in [-0.25, -0.2) is 4.98 Å². The maximum atomic E-state index is 12.3. The standard InChI is InChI=1S/C27H28N2O5/c1-18(16-31-2)34-26(30)13-21-7-3-4-9-25(21)33-17-22-14-23(27-24(29-22)10-11-32-27)20-8-5-6-19(12-20)15-28/h3-12,14,18H,13,15-17,28H2,1-2H3. The summed E-state index contributed by atoms with van der Waals surface area (Å²) >= 11 is 0. The number of esters is 1. The molecule has 4 aromatic rings. The maximum Gasteiger partial charge on any atom is 0.310 e. The third kappa shape index (κ3) is 5.62. The molecule has 2 aromatic carbocycles. The molecule has 4 rings (SSSR count). The molecule has 0 aliphatic rings. The van der Waals surface area contributed by atoms with Crippen LogP contribution in [-0.2, 0) is 33.8 Å². The van der Waals surface area contributed by atoms with Crippen molar-refractivity contribution in [1.29, 1.82) is 0 Å². The molecule has 7 nitrogen and oxygen atoms in total. The number of rotatable bonds is 10. The number of pyridine rings is 1. The number of benzene rings is 2. The number of para-hydroxylation sites is 1. The fraction of sp³-hybridized carbons (Fsp3) is 0.259. The highest BCUT2D eigenvalue weighted by atomic mass is 16.6. The molecule has 34 heavy (non-hydrogen) atoms. The molecular weight excluding hydrogens is 432 g/mol. The Bertz CT molecular complexity index is 1270. The number of ether oxygens (including phenoxy) is 3. The molecule has 0 bridgehead atoms. The van der Waals surface area contributed by atoms with Crippen molar-refractivity contribution in [3.8, 4) is 16.9 Å². The first-order valence-electron chi connectivity index (χ1n) is 11.1. The van der Waals surface area contributed by atoms with Gasteiger partial charge in [0.15, 0.2) is 5.58 Å². The summed E-state index contributed by atoms with van der Waals surface area (Å²) in [6.45, 7) is 2.83. The van der Waals surface area contributed by atoms with Crippen LogP contribution in [0.15, 0.2) is 71.3 Å². The number of hydrogen-bond acceptors (Lipinski definition) is 7. The molecule has 0 aliphatic carbocycles. The van der Waals surface area contributed by atoms with Crippen LogP contribution >= 0.6 is 0 Å². The zero-order valence-corrected chi connectivity index (χ0v) is 19.3. The molecule has 2 heterocycles. The molecule has 0 saturated carbocycles. The van der Waals surface area contributed by atoms with Crippen molar-refractivity contribution in [3.05, 3.63) is 83.7 Å². The van der Waals surface area contributed by atoms with Crippen LogP contribution in [0.5, 0.6) is 5.75 Å². The molecule has 2 aromatic heterocycles. The van der Waals surface area contributed by atoms with Crippen LogP contribution in [0.2, 0.25) is 0 Å². The Morgan fingerprint density at radius 1 is 1.12 bits per heavy atom. The Hall–Kier alpha value is -3.68. The van der Waals surface area contributed by atoms with Crippen molar-refractivity contribution >= 4 is 17.1 Å². The number of fused-ring (bicyclic) bond motifs is 1. The number of nitrogens with two attached hydrogens (primary N) is 1. The molecular formula is C27H28N2O5. The first-order valence-corrected chi connectivity index (χ1v) is 11.1. The van der Waals surface area contributed by atoms with Crippen LogP contribution in [0, 0.1) is 0 Å². The van der Waals surface area contributed by atoms with Gasteiger partial charge in [0.1, 0.15) is 24.0 Å². The normalized spacial score (nSPS) is 12.0. The summed E-state index contributed by atoms with van der Waals surface area (Å²) in [5.41, 5.74) is 11.7. The Balaban J connectivity index is 1.54. The monoisotopic (exact) mass is 460 g/mol. The smallest absolute Gasteiger partial charge is 0.310 e. The van der Waals surface area contributed by atoms with Gasteiger partial charge in [-0.2, -0.15) is 0 Å². The predicted molar refractivity (Wildman–Crippen MR) is 129 cm³/mol. The van der Waals surface area contributed by atoms with Gasteiger partial charge in [0, 0.05) is 30.8 Å². The molecule has 176 valence electrons. The Kier molecular flexibility index (Phi) is 7.57. The first kappa shape index (κ1) is 23.5. The molecule has 0 spiro atoms.